The molecular formula is C12H17BrO2. The highest BCUT2D eigenvalue weighted by Gasteiger charge is 2.18. The van der Waals surface area contributed by atoms with Gasteiger partial charge in [-0.3, -0.25) is 0 Å². The summed E-state index contributed by atoms with van der Waals surface area (Å²) in [6.45, 7) is 4.10. The molecule has 3 heteroatoms. The maximum absolute atomic E-state index is 10.1. The number of halogens is 1. The monoisotopic (exact) mass is 272 g/mol. The molecule has 2 nitrogen and oxygen atoms in total. The Morgan fingerprint density at radius 3 is 2.67 bits per heavy atom. The second kappa shape index (κ2) is 5.52. The van der Waals surface area contributed by atoms with Crippen LogP contribution < -0.4 is 4.74 Å². The molecule has 2 unspecified atom stereocenters. The summed E-state index contributed by atoms with van der Waals surface area (Å²) in [5.41, 5.74) is 0.857. The van der Waals surface area contributed by atoms with Gasteiger partial charge in [0.1, 0.15) is 5.75 Å². The summed E-state index contributed by atoms with van der Waals surface area (Å²) < 4.78 is 6.21. The van der Waals surface area contributed by atoms with Crippen molar-refractivity contribution in [2.45, 2.75) is 26.4 Å². The lowest BCUT2D eigenvalue weighted by atomic mass is 9.95. The highest BCUT2D eigenvalue weighted by atomic mass is 79.9. The van der Waals surface area contributed by atoms with Gasteiger partial charge >= 0.3 is 0 Å². The Morgan fingerprint density at radius 2 is 2.13 bits per heavy atom. The molecule has 84 valence electrons. The summed E-state index contributed by atoms with van der Waals surface area (Å²) in [5, 5.41) is 10.1. The summed E-state index contributed by atoms with van der Waals surface area (Å²) in [7, 11) is 1.62. The molecule has 0 saturated heterocycles. The molecule has 2 atom stereocenters. The summed E-state index contributed by atoms with van der Waals surface area (Å²) in [6, 6.07) is 5.70. The van der Waals surface area contributed by atoms with E-state index in [0.717, 1.165) is 22.2 Å². The molecule has 0 spiro atoms. The van der Waals surface area contributed by atoms with Crippen molar-refractivity contribution < 1.29 is 9.84 Å². The first kappa shape index (κ1) is 12.5. The lowest BCUT2D eigenvalue weighted by Gasteiger charge is -2.20. The number of methoxy groups -OCH3 is 1. The van der Waals surface area contributed by atoms with Gasteiger partial charge in [-0.05, 0) is 18.1 Å². The van der Waals surface area contributed by atoms with Gasteiger partial charge < -0.3 is 9.84 Å². The number of benzene rings is 1. The maximum Gasteiger partial charge on any atom is 0.125 e. The summed E-state index contributed by atoms with van der Waals surface area (Å²) in [4.78, 5) is 0. The highest BCUT2D eigenvalue weighted by molar-refractivity contribution is 9.10. The molecule has 0 aliphatic heterocycles. The first-order chi connectivity index (χ1) is 7.10. The largest absolute Gasteiger partial charge is 0.496 e. The maximum atomic E-state index is 10.1. The average Bonchev–Trinajstić information content (AvgIpc) is 2.26. The van der Waals surface area contributed by atoms with Crippen LogP contribution in [0.5, 0.6) is 5.75 Å². The van der Waals surface area contributed by atoms with Crippen molar-refractivity contribution in [3.05, 3.63) is 28.2 Å². The molecule has 1 aromatic carbocycles. The van der Waals surface area contributed by atoms with Crippen LogP contribution in [-0.4, -0.2) is 12.2 Å². The second-order valence-electron chi connectivity index (χ2n) is 3.72. The van der Waals surface area contributed by atoms with E-state index in [1.54, 1.807) is 7.11 Å². The average molecular weight is 273 g/mol. The van der Waals surface area contributed by atoms with E-state index in [0.29, 0.717) is 0 Å². The molecule has 0 bridgehead atoms. The van der Waals surface area contributed by atoms with Gasteiger partial charge in [-0.2, -0.15) is 0 Å². The van der Waals surface area contributed by atoms with Crippen LogP contribution in [0.2, 0.25) is 0 Å². The molecule has 0 fully saturated rings. The van der Waals surface area contributed by atoms with Crippen LogP contribution in [0.3, 0.4) is 0 Å². The van der Waals surface area contributed by atoms with Crippen LogP contribution in [-0.2, 0) is 0 Å². The third-order valence-corrected chi connectivity index (χ3v) is 3.19. The molecule has 0 aromatic heterocycles. The Balaban J connectivity index is 3.02. The van der Waals surface area contributed by atoms with Gasteiger partial charge in [0.15, 0.2) is 0 Å². The molecule has 15 heavy (non-hydrogen) atoms. The highest BCUT2D eigenvalue weighted by Crippen LogP contribution is 2.33. The summed E-state index contributed by atoms with van der Waals surface area (Å²) >= 11 is 3.38. The van der Waals surface area contributed by atoms with E-state index in [2.05, 4.69) is 22.9 Å². The number of aliphatic hydroxyl groups excluding tert-OH is 1. The number of hydrogen-bond acceptors (Lipinski definition) is 2. The predicted octanol–water partition coefficient (Wildman–Crippen LogP) is 3.54. The SMILES string of the molecule is CCC(C)C(O)c1ccc(Br)cc1OC. The van der Waals surface area contributed by atoms with Gasteiger partial charge in [0.2, 0.25) is 0 Å². The van der Waals surface area contributed by atoms with Gasteiger partial charge in [-0.1, -0.05) is 42.3 Å². The quantitative estimate of drug-likeness (QED) is 0.909. The number of hydrogen-bond donors (Lipinski definition) is 1. The lowest BCUT2D eigenvalue weighted by molar-refractivity contribution is 0.112. The van der Waals surface area contributed by atoms with Crippen molar-refractivity contribution >= 4 is 15.9 Å². The van der Waals surface area contributed by atoms with Crippen LogP contribution in [0.1, 0.15) is 31.9 Å². The smallest absolute Gasteiger partial charge is 0.125 e. The van der Waals surface area contributed by atoms with Crippen LogP contribution in [0.4, 0.5) is 0 Å². The van der Waals surface area contributed by atoms with Crippen LogP contribution >= 0.6 is 15.9 Å². The zero-order valence-corrected chi connectivity index (χ0v) is 10.9. The fourth-order valence-electron chi connectivity index (χ4n) is 1.46. The predicted molar refractivity (Wildman–Crippen MR) is 65.1 cm³/mol. The topological polar surface area (TPSA) is 29.5 Å². The van der Waals surface area contributed by atoms with Crippen LogP contribution in [0, 0.1) is 5.92 Å². The fraction of sp³-hybridized carbons (Fsp3) is 0.500. The summed E-state index contributed by atoms with van der Waals surface area (Å²) in [6.07, 6.45) is 0.485. The molecule has 0 heterocycles. The minimum absolute atomic E-state index is 0.236. The third-order valence-electron chi connectivity index (χ3n) is 2.70. The zero-order chi connectivity index (χ0) is 11.4. The van der Waals surface area contributed by atoms with E-state index in [9.17, 15) is 5.11 Å². The molecular weight excluding hydrogens is 256 g/mol. The lowest BCUT2D eigenvalue weighted by Crippen LogP contribution is -2.09. The molecule has 1 aromatic rings. The van der Waals surface area contributed by atoms with Crippen molar-refractivity contribution in [2.75, 3.05) is 7.11 Å². The minimum Gasteiger partial charge on any atom is -0.496 e. The van der Waals surface area contributed by atoms with E-state index >= 15 is 0 Å². The Bertz CT molecular complexity index is 325. The number of rotatable bonds is 4. The van der Waals surface area contributed by atoms with Gasteiger partial charge in [0.25, 0.3) is 0 Å². The van der Waals surface area contributed by atoms with E-state index in [1.807, 2.05) is 25.1 Å². The first-order valence-electron chi connectivity index (χ1n) is 5.11. The summed E-state index contributed by atoms with van der Waals surface area (Å²) in [5.74, 6) is 0.970. The molecule has 0 aliphatic rings. The van der Waals surface area contributed by atoms with Gasteiger partial charge in [0, 0.05) is 10.0 Å². The Morgan fingerprint density at radius 1 is 1.47 bits per heavy atom. The van der Waals surface area contributed by atoms with E-state index < -0.39 is 6.10 Å². The van der Waals surface area contributed by atoms with Gasteiger partial charge in [0.05, 0.1) is 13.2 Å². The normalized spacial score (nSPS) is 14.7. The Labute approximate surface area is 99.4 Å². The van der Waals surface area contributed by atoms with Crippen molar-refractivity contribution in [3.63, 3.8) is 0 Å². The van der Waals surface area contributed by atoms with Crippen molar-refractivity contribution in [3.8, 4) is 5.75 Å². The molecule has 1 rings (SSSR count). The van der Waals surface area contributed by atoms with Crippen LogP contribution in [0.15, 0.2) is 22.7 Å². The standard InChI is InChI=1S/C12H17BrO2/c1-4-8(2)12(14)10-6-5-9(13)7-11(10)15-3/h5-8,12,14H,4H2,1-3H3. The van der Waals surface area contributed by atoms with E-state index in [4.69, 9.17) is 4.74 Å². The third kappa shape index (κ3) is 2.95. The minimum atomic E-state index is -0.460. The molecule has 0 saturated carbocycles. The van der Waals surface area contributed by atoms with Crippen molar-refractivity contribution in [1.82, 2.24) is 0 Å². The molecule has 0 radical (unpaired) electrons. The van der Waals surface area contributed by atoms with E-state index in [1.165, 1.54) is 0 Å². The Kier molecular flexibility index (Phi) is 4.61. The second-order valence-corrected chi connectivity index (χ2v) is 4.63. The van der Waals surface area contributed by atoms with E-state index in [-0.39, 0.29) is 5.92 Å². The molecule has 0 aliphatic carbocycles. The van der Waals surface area contributed by atoms with Crippen LogP contribution in [0.25, 0.3) is 0 Å². The molecule has 0 amide bonds. The van der Waals surface area contributed by atoms with Crippen molar-refractivity contribution in [2.24, 2.45) is 5.92 Å². The number of aliphatic hydroxyl groups is 1. The zero-order valence-electron chi connectivity index (χ0n) is 9.33. The van der Waals surface area contributed by atoms with Gasteiger partial charge in [-0.25, -0.2) is 0 Å². The first-order valence-corrected chi connectivity index (χ1v) is 5.91. The van der Waals surface area contributed by atoms with Gasteiger partial charge in [-0.15, -0.1) is 0 Å². The van der Waals surface area contributed by atoms with Crippen molar-refractivity contribution in [1.29, 1.82) is 0 Å². The Hall–Kier alpha value is -0.540. The number of ether oxygens (including phenoxy) is 1. The molecule has 1 N–H and O–H groups in total. The fourth-order valence-corrected chi connectivity index (χ4v) is 1.80.